The Morgan fingerprint density at radius 2 is 1.73 bits per heavy atom. The zero-order valence-electron chi connectivity index (χ0n) is 18.8. The normalized spacial score (nSPS) is 14.5. The Hall–Kier alpha value is -2.24. The topological polar surface area (TPSA) is 9.72 Å². The fourth-order valence-corrected chi connectivity index (χ4v) is 5.16. The molecule has 0 amide bonds. The average Bonchev–Trinajstić information content (AvgIpc) is 3.05. The highest BCUT2D eigenvalue weighted by Gasteiger charge is 2.23. The van der Waals surface area contributed by atoms with Crippen LogP contribution in [0.4, 0.5) is 17.1 Å². The van der Waals surface area contributed by atoms with E-state index < -0.39 is 0 Å². The van der Waals surface area contributed by atoms with Gasteiger partial charge in [0.2, 0.25) is 0 Å². The van der Waals surface area contributed by atoms with E-state index in [2.05, 4.69) is 118 Å². The summed E-state index contributed by atoms with van der Waals surface area (Å²) in [4.78, 5) is 10.2. The van der Waals surface area contributed by atoms with E-state index in [1.54, 1.807) is 11.8 Å². The van der Waals surface area contributed by atoms with Crippen LogP contribution < -0.4 is 14.7 Å². The van der Waals surface area contributed by atoms with Gasteiger partial charge in [0.05, 0.1) is 10.7 Å². The van der Waals surface area contributed by atoms with E-state index in [9.17, 15) is 0 Å². The number of benzene rings is 2. The maximum atomic E-state index is 4.23. The van der Waals surface area contributed by atoms with Crippen LogP contribution >= 0.6 is 23.5 Å². The first-order valence-corrected chi connectivity index (χ1v) is 11.7. The Morgan fingerprint density at radius 3 is 2.37 bits per heavy atom. The summed E-state index contributed by atoms with van der Waals surface area (Å²) < 4.78 is 0. The van der Waals surface area contributed by atoms with Crippen molar-refractivity contribution in [2.75, 3.05) is 49.4 Å². The highest BCUT2D eigenvalue weighted by molar-refractivity contribution is 8.03. The third-order valence-electron chi connectivity index (χ3n) is 4.98. The lowest BCUT2D eigenvalue weighted by molar-refractivity contribution is 0.999. The lowest BCUT2D eigenvalue weighted by atomic mass is 10.2. The molecule has 3 rings (SSSR count). The summed E-state index contributed by atoms with van der Waals surface area (Å²) in [6, 6.07) is 13.2. The van der Waals surface area contributed by atoms with Crippen molar-refractivity contribution in [2.45, 2.75) is 23.6 Å². The van der Waals surface area contributed by atoms with Crippen LogP contribution in [0.2, 0.25) is 0 Å². The van der Waals surface area contributed by atoms with E-state index in [0.29, 0.717) is 0 Å². The number of nitrogens with zero attached hydrogens (tertiary/aromatic N) is 3. The van der Waals surface area contributed by atoms with Crippen LogP contribution in [-0.4, -0.2) is 34.7 Å². The molecule has 158 valence electrons. The molecule has 0 aliphatic carbocycles. The predicted molar refractivity (Wildman–Crippen MR) is 137 cm³/mol. The van der Waals surface area contributed by atoms with Crippen molar-refractivity contribution in [3.8, 4) is 0 Å². The predicted octanol–water partition coefficient (Wildman–Crippen LogP) is 6.76. The van der Waals surface area contributed by atoms with Crippen molar-refractivity contribution in [3.63, 3.8) is 0 Å². The molecule has 0 spiro atoms. The molecule has 30 heavy (non-hydrogen) atoms. The van der Waals surface area contributed by atoms with Crippen molar-refractivity contribution in [3.05, 3.63) is 76.7 Å². The van der Waals surface area contributed by atoms with E-state index in [1.807, 2.05) is 11.8 Å². The van der Waals surface area contributed by atoms with E-state index in [0.717, 1.165) is 11.4 Å². The van der Waals surface area contributed by atoms with Crippen LogP contribution in [0.3, 0.4) is 0 Å². The molecule has 0 bridgehead atoms. The van der Waals surface area contributed by atoms with Crippen LogP contribution in [-0.2, 0) is 0 Å². The molecule has 2 aromatic rings. The van der Waals surface area contributed by atoms with E-state index in [-0.39, 0.29) is 0 Å². The summed E-state index contributed by atoms with van der Waals surface area (Å²) in [5.41, 5.74) is 5.01. The van der Waals surface area contributed by atoms with Gasteiger partial charge in [-0.3, -0.25) is 0 Å². The van der Waals surface area contributed by atoms with Gasteiger partial charge in [0.1, 0.15) is 0 Å². The molecule has 0 radical (unpaired) electrons. The lowest BCUT2D eigenvalue weighted by Gasteiger charge is -2.20. The van der Waals surface area contributed by atoms with Gasteiger partial charge in [0.15, 0.2) is 0 Å². The Bertz CT molecular complexity index is 990. The first-order valence-electron chi connectivity index (χ1n) is 10.1. The van der Waals surface area contributed by atoms with Crippen molar-refractivity contribution in [1.82, 2.24) is 0 Å². The van der Waals surface area contributed by atoms with Crippen molar-refractivity contribution in [1.29, 1.82) is 0 Å². The summed E-state index contributed by atoms with van der Waals surface area (Å²) in [5.74, 6) is 0. The molecular formula is C25H31N3S2. The van der Waals surface area contributed by atoms with Crippen molar-refractivity contribution >= 4 is 40.6 Å². The van der Waals surface area contributed by atoms with Gasteiger partial charge >= 0.3 is 0 Å². The van der Waals surface area contributed by atoms with Crippen LogP contribution in [0.15, 0.2) is 80.9 Å². The Balaban J connectivity index is 1.70. The highest BCUT2D eigenvalue weighted by atomic mass is 32.2. The fraction of sp³-hybridized carbons (Fsp3) is 0.280. The zero-order valence-corrected chi connectivity index (χ0v) is 20.4. The quantitative estimate of drug-likeness (QED) is 0.348. The molecule has 5 heteroatoms. The molecule has 1 aliphatic rings. The minimum Gasteiger partial charge on any atom is -0.378 e. The highest BCUT2D eigenvalue weighted by Crippen LogP contribution is 2.47. The zero-order chi connectivity index (χ0) is 21.8. The molecule has 0 unspecified atom stereocenters. The Morgan fingerprint density at radius 1 is 1.07 bits per heavy atom. The third-order valence-corrected chi connectivity index (χ3v) is 7.19. The Labute approximate surface area is 190 Å². The van der Waals surface area contributed by atoms with Crippen LogP contribution in [0.5, 0.6) is 0 Å². The lowest BCUT2D eigenvalue weighted by Crippen LogP contribution is -2.17. The standard InChI is InChI=1S/C25H31N3S2/c1-8-28-22-17-21(27(6)7)13-15-24(22)30-25(28)11-9-10-19(3)29-23-14-12-20(26(4)5)16-18(23)2/h9-17H,3,8H2,1-2,4-7H3/b10-9+,25-11-. The van der Waals surface area contributed by atoms with Gasteiger partial charge in [-0.2, -0.15) is 0 Å². The number of anilines is 3. The van der Waals surface area contributed by atoms with E-state index in [1.165, 1.54) is 37.4 Å². The van der Waals surface area contributed by atoms with Gasteiger partial charge < -0.3 is 14.7 Å². The molecule has 2 aromatic carbocycles. The summed E-state index contributed by atoms with van der Waals surface area (Å²) in [7, 11) is 8.30. The molecule has 0 aromatic heterocycles. The summed E-state index contributed by atoms with van der Waals surface area (Å²) in [6.45, 7) is 9.53. The van der Waals surface area contributed by atoms with Gasteiger partial charge in [-0.15, -0.1) is 0 Å². The van der Waals surface area contributed by atoms with Crippen LogP contribution in [0, 0.1) is 6.92 Å². The summed E-state index contributed by atoms with van der Waals surface area (Å²) >= 11 is 3.54. The van der Waals surface area contributed by atoms with Gasteiger partial charge in [0, 0.05) is 60.8 Å². The second-order valence-electron chi connectivity index (χ2n) is 7.67. The smallest absolute Gasteiger partial charge is 0.0801 e. The maximum Gasteiger partial charge on any atom is 0.0801 e. The molecule has 1 aliphatic heterocycles. The van der Waals surface area contributed by atoms with E-state index in [4.69, 9.17) is 0 Å². The number of thioether (sulfide) groups is 2. The SMILES string of the molecule is C=C(/C=C/C=C1\Sc2ccc(N(C)C)cc2N1CC)Sc1ccc(N(C)C)cc1C. The monoisotopic (exact) mass is 437 g/mol. The third kappa shape index (κ3) is 5.08. The van der Waals surface area contributed by atoms with Crippen LogP contribution in [0.1, 0.15) is 12.5 Å². The van der Waals surface area contributed by atoms with Gasteiger partial charge in [-0.1, -0.05) is 36.2 Å². The largest absolute Gasteiger partial charge is 0.378 e. The molecule has 0 atom stereocenters. The number of hydrogen-bond acceptors (Lipinski definition) is 5. The maximum absolute atomic E-state index is 4.23. The van der Waals surface area contributed by atoms with Crippen molar-refractivity contribution in [2.24, 2.45) is 0 Å². The second kappa shape index (κ2) is 9.71. The first kappa shape index (κ1) is 22.4. The molecule has 0 saturated heterocycles. The van der Waals surface area contributed by atoms with Gasteiger partial charge in [0.25, 0.3) is 0 Å². The van der Waals surface area contributed by atoms with Gasteiger partial charge in [-0.25, -0.2) is 0 Å². The Kier molecular flexibility index (Phi) is 7.27. The number of aryl methyl sites for hydroxylation is 1. The minimum atomic E-state index is 0.948. The van der Waals surface area contributed by atoms with E-state index >= 15 is 0 Å². The molecule has 0 fully saturated rings. The molecule has 0 N–H and O–H groups in total. The molecule has 3 nitrogen and oxygen atoms in total. The second-order valence-corrected chi connectivity index (χ2v) is 9.90. The molecule has 1 heterocycles. The summed E-state index contributed by atoms with van der Waals surface area (Å²) in [6.07, 6.45) is 6.40. The number of hydrogen-bond donors (Lipinski definition) is 0. The first-order chi connectivity index (χ1) is 14.3. The fourth-order valence-electron chi connectivity index (χ4n) is 3.26. The average molecular weight is 438 g/mol. The van der Waals surface area contributed by atoms with Gasteiger partial charge in [-0.05, 0) is 68.0 Å². The number of rotatable bonds is 7. The van der Waals surface area contributed by atoms with Crippen LogP contribution in [0.25, 0.3) is 0 Å². The number of allylic oxidation sites excluding steroid dienone is 3. The molecule has 0 saturated carbocycles. The van der Waals surface area contributed by atoms with Crippen molar-refractivity contribution < 1.29 is 0 Å². The molecular weight excluding hydrogens is 406 g/mol. The number of fused-ring (bicyclic) bond motifs is 1. The summed E-state index contributed by atoms with van der Waals surface area (Å²) in [5, 5.41) is 1.25. The minimum absolute atomic E-state index is 0.948.